The van der Waals surface area contributed by atoms with E-state index in [1.165, 1.54) is 24.4 Å². The van der Waals surface area contributed by atoms with E-state index < -0.39 is 11.7 Å². The molecule has 1 aromatic rings. The standard InChI is InChI=1S/C8H5FN2O.K/c9-7-4-2-1-3-6(7)8(12)11-5-10;/h1-4H,(H,11,12);/q;+1/p-1. The Kier molecular flexibility index (Phi) is 6.12. The SMILES string of the molecule is N#C[N-]C(=O)c1ccccc1F.[K+]. The molecule has 3 nitrogen and oxygen atoms in total. The van der Waals surface area contributed by atoms with Gasteiger partial charge in [0.1, 0.15) is 5.82 Å². The second-order valence-electron chi connectivity index (χ2n) is 2.00. The largest absolute Gasteiger partial charge is 1.00 e. The molecule has 0 aliphatic carbocycles. The Morgan fingerprint density at radius 3 is 2.62 bits per heavy atom. The summed E-state index contributed by atoms with van der Waals surface area (Å²) in [7, 11) is 0. The number of nitriles is 1. The predicted molar refractivity (Wildman–Crippen MR) is 39.7 cm³/mol. The molecule has 0 saturated heterocycles. The van der Waals surface area contributed by atoms with Gasteiger partial charge in [-0.25, -0.2) is 4.39 Å². The summed E-state index contributed by atoms with van der Waals surface area (Å²) in [6.07, 6.45) is 1.30. The van der Waals surface area contributed by atoms with E-state index in [1.54, 1.807) is 0 Å². The molecule has 1 amide bonds. The van der Waals surface area contributed by atoms with Gasteiger partial charge in [0.05, 0.1) is 5.56 Å². The minimum absolute atomic E-state index is 0. The molecule has 0 heterocycles. The molecule has 1 aromatic carbocycles. The van der Waals surface area contributed by atoms with Gasteiger partial charge in [-0.1, -0.05) is 18.3 Å². The zero-order chi connectivity index (χ0) is 8.97. The molecule has 1 rings (SSSR count). The van der Waals surface area contributed by atoms with Gasteiger partial charge in [-0.3, -0.25) is 4.79 Å². The minimum atomic E-state index is -0.851. The van der Waals surface area contributed by atoms with Gasteiger partial charge in [-0.15, -0.1) is 0 Å². The average Bonchev–Trinajstić information content (AvgIpc) is 2.05. The summed E-state index contributed by atoms with van der Waals surface area (Å²) in [5.41, 5.74) is -0.181. The minimum Gasteiger partial charge on any atom is -0.494 e. The Morgan fingerprint density at radius 2 is 2.08 bits per heavy atom. The molecule has 0 unspecified atom stereocenters. The van der Waals surface area contributed by atoms with Gasteiger partial charge in [0.15, 0.2) is 5.91 Å². The fourth-order valence-electron chi connectivity index (χ4n) is 0.740. The molecule has 0 aliphatic heterocycles. The summed E-state index contributed by atoms with van der Waals surface area (Å²) < 4.78 is 12.8. The van der Waals surface area contributed by atoms with Gasteiger partial charge in [0.2, 0.25) is 0 Å². The van der Waals surface area contributed by atoms with Gasteiger partial charge >= 0.3 is 51.4 Å². The molecular formula is C8H4FKN2O. The molecular weight excluding hydrogens is 198 g/mol. The maximum Gasteiger partial charge on any atom is 1.00 e. The Bertz CT molecular complexity index is 348. The van der Waals surface area contributed by atoms with Crippen LogP contribution >= 0.6 is 0 Å². The number of carbonyl (C=O) groups excluding carboxylic acids is 1. The van der Waals surface area contributed by atoms with E-state index in [4.69, 9.17) is 5.26 Å². The number of benzene rings is 1. The topological polar surface area (TPSA) is 55.0 Å². The second kappa shape index (κ2) is 6.24. The molecule has 0 aliphatic rings. The van der Waals surface area contributed by atoms with Crippen LogP contribution in [0.3, 0.4) is 0 Å². The zero-order valence-electron chi connectivity index (χ0n) is 6.99. The Morgan fingerprint density at radius 1 is 1.46 bits per heavy atom. The number of nitrogens with zero attached hydrogens (tertiary/aromatic N) is 2. The average molecular weight is 202 g/mol. The van der Waals surface area contributed by atoms with E-state index in [1.807, 2.05) is 0 Å². The molecule has 0 bridgehead atoms. The van der Waals surface area contributed by atoms with Crippen molar-refractivity contribution in [2.75, 3.05) is 0 Å². The maximum absolute atomic E-state index is 12.8. The Labute approximate surface area is 117 Å². The van der Waals surface area contributed by atoms with Crippen LogP contribution in [0, 0.1) is 17.3 Å². The van der Waals surface area contributed by atoms with Crippen molar-refractivity contribution >= 4 is 5.91 Å². The first kappa shape index (κ1) is 12.7. The third kappa shape index (κ3) is 3.54. The van der Waals surface area contributed by atoms with Crippen molar-refractivity contribution in [1.29, 1.82) is 5.26 Å². The van der Waals surface area contributed by atoms with Crippen molar-refractivity contribution in [1.82, 2.24) is 0 Å². The van der Waals surface area contributed by atoms with Crippen molar-refractivity contribution in [3.05, 3.63) is 41.0 Å². The van der Waals surface area contributed by atoms with E-state index in [9.17, 15) is 9.18 Å². The summed E-state index contributed by atoms with van der Waals surface area (Å²) >= 11 is 0. The van der Waals surface area contributed by atoms with Crippen molar-refractivity contribution < 1.29 is 60.6 Å². The summed E-state index contributed by atoms with van der Waals surface area (Å²) in [6.45, 7) is 0. The normalized spacial score (nSPS) is 8.00. The van der Waals surface area contributed by atoms with E-state index in [0.29, 0.717) is 0 Å². The molecule has 0 aromatic heterocycles. The Balaban J connectivity index is 0.00000144. The van der Waals surface area contributed by atoms with Crippen LogP contribution in [0.15, 0.2) is 24.3 Å². The van der Waals surface area contributed by atoms with Crippen LogP contribution in [0.5, 0.6) is 0 Å². The van der Waals surface area contributed by atoms with Crippen LogP contribution in [0.2, 0.25) is 0 Å². The van der Waals surface area contributed by atoms with Gasteiger partial charge < -0.3 is 10.6 Å². The van der Waals surface area contributed by atoms with Gasteiger partial charge in [-0.05, 0) is 12.1 Å². The van der Waals surface area contributed by atoms with Crippen LogP contribution in [-0.2, 0) is 0 Å². The molecule has 0 spiro atoms. The van der Waals surface area contributed by atoms with Crippen molar-refractivity contribution in [2.24, 2.45) is 0 Å². The fraction of sp³-hybridized carbons (Fsp3) is 0. The summed E-state index contributed by atoms with van der Waals surface area (Å²) in [4.78, 5) is 10.8. The van der Waals surface area contributed by atoms with E-state index >= 15 is 0 Å². The molecule has 0 N–H and O–H groups in total. The number of amides is 1. The van der Waals surface area contributed by atoms with Crippen molar-refractivity contribution in [3.8, 4) is 6.19 Å². The van der Waals surface area contributed by atoms with Crippen molar-refractivity contribution in [3.63, 3.8) is 0 Å². The van der Waals surface area contributed by atoms with Gasteiger partial charge in [0, 0.05) is 0 Å². The quantitative estimate of drug-likeness (QED) is 0.425. The predicted octanol–water partition coefficient (Wildman–Crippen LogP) is -1.18. The number of hydrogen-bond donors (Lipinski definition) is 0. The Hall–Kier alpha value is -0.254. The summed E-state index contributed by atoms with van der Waals surface area (Å²) in [6, 6.07) is 5.38. The van der Waals surface area contributed by atoms with Gasteiger partial charge in [0.25, 0.3) is 0 Å². The van der Waals surface area contributed by atoms with Crippen LogP contribution < -0.4 is 51.4 Å². The molecule has 0 radical (unpaired) electrons. The summed E-state index contributed by atoms with van der Waals surface area (Å²) in [5.74, 6) is -1.52. The zero-order valence-corrected chi connectivity index (χ0v) is 10.1. The molecule has 0 saturated carbocycles. The van der Waals surface area contributed by atoms with Crippen LogP contribution in [0.1, 0.15) is 10.4 Å². The third-order valence-corrected chi connectivity index (χ3v) is 1.26. The van der Waals surface area contributed by atoms with E-state index in [2.05, 4.69) is 5.32 Å². The second-order valence-corrected chi connectivity index (χ2v) is 2.00. The number of carbonyl (C=O) groups is 1. The monoisotopic (exact) mass is 202 g/mol. The molecule has 0 atom stereocenters. The first-order valence-electron chi connectivity index (χ1n) is 3.14. The fourth-order valence-corrected chi connectivity index (χ4v) is 0.740. The van der Waals surface area contributed by atoms with Crippen molar-refractivity contribution in [2.45, 2.75) is 0 Å². The molecule has 5 heteroatoms. The number of hydrogen-bond acceptors (Lipinski definition) is 2. The van der Waals surface area contributed by atoms with Gasteiger partial charge in [-0.2, -0.15) is 0 Å². The smallest absolute Gasteiger partial charge is 0.494 e. The molecule has 0 fully saturated rings. The number of rotatable bonds is 1. The third-order valence-electron chi connectivity index (χ3n) is 1.26. The van der Waals surface area contributed by atoms with Crippen LogP contribution in [0.25, 0.3) is 5.32 Å². The molecule has 60 valence electrons. The van der Waals surface area contributed by atoms with Crippen LogP contribution in [0.4, 0.5) is 4.39 Å². The molecule has 13 heavy (non-hydrogen) atoms. The first-order valence-corrected chi connectivity index (χ1v) is 3.14. The number of halogens is 1. The first-order chi connectivity index (χ1) is 5.75. The maximum atomic E-state index is 12.8. The van der Waals surface area contributed by atoms with Crippen LogP contribution in [-0.4, -0.2) is 5.91 Å². The van der Waals surface area contributed by atoms with E-state index in [0.717, 1.165) is 6.07 Å². The summed E-state index contributed by atoms with van der Waals surface area (Å²) in [5, 5.41) is 10.9. The van der Waals surface area contributed by atoms with E-state index in [-0.39, 0.29) is 56.9 Å².